The number of hydrogen-bond donors (Lipinski definition) is 2. The van der Waals surface area contributed by atoms with Crippen LogP contribution in [0.4, 0.5) is 10.7 Å². The molecule has 0 spiro atoms. The normalized spacial score (nSPS) is 10.4. The van der Waals surface area contributed by atoms with Gasteiger partial charge in [-0.15, -0.1) is 11.3 Å². The summed E-state index contributed by atoms with van der Waals surface area (Å²) in [6.45, 7) is 3.92. The molecule has 0 bridgehead atoms. The summed E-state index contributed by atoms with van der Waals surface area (Å²) in [5.41, 5.74) is 7.10. The largest absolute Gasteiger partial charge is 0.457 e. The van der Waals surface area contributed by atoms with E-state index in [0.717, 1.165) is 5.75 Å². The van der Waals surface area contributed by atoms with Crippen molar-refractivity contribution in [3.63, 3.8) is 0 Å². The highest BCUT2D eigenvalue weighted by atomic mass is 32.1. The van der Waals surface area contributed by atoms with E-state index >= 15 is 0 Å². The van der Waals surface area contributed by atoms with E-state index in [2.05, 4.69) is 11.4 Å². The average Bonchev–Trinajstić information content (AvgIpc) is 2.97. The molecular weight excluding hydrogens is 358 g/mol. The Balaban J connectivity index is 1.84. The molecule has 6 heteroatoms. The summed E-state index contributed by atoms with van der Waals surface area (Å²) in [6.07, 6.45) is 0. The Labute approximate surface area is 162 Å². The van der Waals surface area contributed by atoms with Gasteiger partial charge in [-0.1, -0.05) is 18.2 Å². The van der Waals surface area contributed by atoms with E-state index in [9.17, 15) is 10.1 Å². The topological polar surface area (TPSA) is 88.1 Å². The van der Waals surface area contributed by atoms with Crippen LogP contribution in [0.1, 0.15) is 34.6 Å². The van der Waals surface area contributed by atoms with Crippen LogP contribution >= 0.6 is 11.3 Å². The van der Waals surface area contributed by atoms with Gasteiger partial charge in [-0.05, 0) is 50.2 Å². The van der Waals surface area contributed by atoms with Crippen LogP contribution in [-0.2, 0) is 0 Å². The summed E-state index contributed by atoms with van der Waals surface area (Å²) in [5.74, 6) is 1.15. The maximum atomic E-state index is 12.9. The monoisotopic (exact) mass is 377 g/mol. The minimum Gasteiger partial charge on any atom is -0.457 e. The minimum absolute atomic E-state index is 0.132. The summed E-state index contributed by atoms with van der Waals surface area (Å²) in [6, 6.07) is 18.5. The van der Waals surface area contributed by atoms with Gasteiger partial charge >= 0.3 is 0 Å². The zero-order valence-corrected chi connectivity index (χ0v) is 15.8. The number of carbonyl (C=O) groups excluding carboxylic acids is 1. The number of rotatable bonds is 6. The third kappa shape index (κ3) is 4.10. The fourth-order valence-corrected chi connectivity index (χ4v) is 3.70. The second kappa shape index (κ2) is 7.94. The summed E-state index contributed by atoms with van der Waals surface area (Å²) >= 11 is 1.21. The van der Waals surface area contributed by atoms with Crippen molar-refractivity contribution in [2.45, 2.75) is 19.9 Å². The summed E-state index contributed by atoms with van der Waals surface area (Å²) in [4.78, 5) is 13.2. The Morgan fingerprint density at radius 1 is 1.11 bits per heavy atom. The predicted octanol–water partition coefficient (Wildman–Crippen LogP) is 5.05. The summed E-state index contributed by atoms with van der Waals surface area (Å²) in [7, 11) is 0. The number of nitrogens with two attached hydrogens (primary N) is 1. The molecule has 0 aliphatic heterocycles. The van der Waals surface area contributed by atoms with Gasteiger partial charge in [-0.25, -0.2) is 0 Å². The van der Waals surface area contributed by atoms with E-state index in [1.165, 1.54) is 11.3 Å². The van der Waals surface area contributed by atoms with E-state index in [-0.39, 0.29) is 17.5 Å². The molecule has 0 radical (unpaired) electrons. The van der Waals surface area contributed by atoms with Crippen molar-refractivity contribution < 1.29 is 9.53 Å². The van der Waals surface area contributed by atoms with Gasteiger partial charge in [0.15, 0.2) is 0 Å². The maximum absolute atomic E-state index is 12.9. The number of ether oxygens (including phenoxy) is 1. The molecule has 3 rings (SSSR count). The molecule has 3 N–H and O–H groups in total. The first kappa shape index (κ1) is 18.5. The van der Waals surface area contributed by atoms with Crippen LogP contribution in [0, 0.1) is 11.3 Å². The van der Waals surface area contributed by atoms with E-state index in [1.54, 1.807) is 24.3 Å². The van der Waals surface area contributed by atoms with E-state index in [1.807, 2.05) is 44.2 Å². The lowest BCUT2D eigenvalue weighted by atomic mass is 10.1. The number of thiophene rings is 1. The highest BCUT2D eigenvalue weighted by molar-refractivity contribution is 7.19. The van der Waals surface area contributed by atoms with Gasteiger partial charge in [0.25, 0.3) is 0 Å². The Bertz CT molecular complexity index is 987. The number of nitrogens with one attached hydrogen (secondary N) is 1. The molecule has 0 aliphatic carbocycles. The Hall–Kier alpha value is -3.30. The van der Waals surface area contributed by atoms with Crippen molar-refractivity contribution in [1.29, 1.82) is 5.26 Å². The third-order valence-electron chi connectivity index (χ3n) is 3.78. The molecule has 5 nitrogen and oxygen atoms in total. The van der Waals surface area contributed by atoms with Crippen LogP contribution in [-0.4, -0.2) is 11.8 Å². The van der Waals surface area contributed by atoms with Gasteiger partial charge < -0.3 is 15.8 Å². The van der Waals surface area contributed by atoms with Crippen molar-refractivity contribution in [1.82, 2.24) is 0 Å². The maximum Gasteiger partial charge on any atom is 0.205 e. The van der Waals surface area contributed by atoms with Gasteiger partial charge in [0, 0.05) is 11.6 Å². The van der Waals surface area contributed by atoms with Crippen molar-refractivity contribution in [2.24, 2.45) is 0 Å². The highest BCUT2D eigenvalue weighted by Crippen LogP contribution is 2.37. The Morgan fingerprint density at radius 2 is 1.74 bits per heavy atom. The smallest absolute Gasteiger partial charge is 0.205 e. The van der Waals surface area contributed by atoms with Gasteiger partial charge in [0.05, 0.1) is 5.69 Å². The zero-order valence-electron chi connectivity index (χ0n) is 15.0. The van der Waals surface area contributed by atoms with Crippen molar-refractivity contribution in [3.8, 4) is 17.6 Å². The molecule has 1 aromatic heterocycles. The lowest BCUT2D eigenvalue weighted by Gasteiger charge is -2.07. The molecule has 0 saturated carbocycles. The number of hydrogen-bond acceptors (Lipinski definition) is 6. The third-order valence-corrected chi connectivity index (χ3v) is 4.91. The molecule has 0 aliphatic rings. The molecule has 3 aromatic rings. The van der Waals surface area contributed by atoms with Gasteiger partial charge in [0.1, 0.15) is 33.0 Å². The first-order valence-electron chi connectivity index (χ1n) is 8.46. The van der Waals surface area contributed by atoms with E-state index < -0.39 is 0 Å². The van der Waals surface area contributed by atoms with Gasteiger partial charge in [-0.3, -0.25) is 4.79 Å². The Kier molecular flexibility index (Phi) is 5.43. The first-order chi connectivity index (χ1) is 13.0. The summed E-state index contributed by atoms with van der Waals surface area (Å²) in [5, 5.41) is 13.2. The number of carbonyl (C=O) groups is 1. The SMILES string of the molecule is CC(C)Nc1sc(C(=O)c2ccc(Oc3ccccc3)cc2)c(N)c1C#N. The van der Waals surface area contributed by atoms with Crippen molar-refractivity contribution in [2.75, 3.05) is 11.1 Å². The van der Waals surface area contributed by atoms with E-state index in [0.29, 0.717) is 26.8 Å². The molecule has 0 atom stereocenters. The fourth-order valence-electron chi connectivity index (χ4n) is 2.52. The molecule has 136 valence electrons. The number of para-hydroxylation sites is 1. The molecule has 1 heterocycles. The van der Waals surface area contributed by atoms with Crippen LogP contribution in [0.2, 0.25) is 0 Å². The second-order valence-corrected chi connectivity index (χ2v) is 7.25. The molecule has 2 aromatic carbocycles. The fraction of sp³-hybridized carbons (Fsp3) is 0.143. The first-order valence-corrected chi connectivity index (χ1v) is 9.27. The number of benzene rings is 2. The van der Waals surface area contributed by atoms with Crippen LogP contribution in [0.15, 0.2) is 54.6 Å². The number of nitriles is 1. The molecule has 0 fully saturated rings. The average molecular weight is 377 g/mol. The highest BCUT2D eigenvalue weighted by Gasteiger charge is 2.22. The van der Waals surface area contributed by atoms with Gasteiger partial charge in [-0.2, -0.15) is 5.26 Å². The minimum atomic E-state index is -0.211. The lowest BCUT2D eigenvalue weighted by molar-refractivity contribution is 0.104. The molecule has 27 heavy (non-hydrogen) atoms. The van der Waals surface area contributed by atoms with Crippen LogP contribution in [0.25, 0.3) is 0 Å². The summed E-state index contributed by atoms with van der Waals surface area (Å²) < 4.78 is 5.74. The van der Waals surface area contributed by atoms with Crippen molar-refractivity contribution >= 4 is 27.8 Å². The number of ketones is 1. The number of nitrogens with zero attached hydrogens (tertiary/aromatic N) is 1. The molecule has 0 saturated heterocycles. The van der Waals surface area contributed by atoms with E-state index in [4.69, 9.17) is 10.5 Å². The molecular formula is C21H19N3O2S. The molecule has 0 unspecified atom stereocenters. The number of nitrogen functional groups attached to an aromatic ring is 1. The quantitative estimate of drug-likeness (QED) is 0.587. The van der Waals surface area contributed by atoms with Crippen LogP contribution in [0.5, 0.6) is 11.5 Å². The van der Waals surface area contributed by atoms with Gasteiger partial charge in [0.2, 0.25) is 5.78 Å². The van der Waals surface area contributed by atoms with Crippen LogP contribution in [0.3, 0.4) is 0 Å². The lowest BCUT2D eigenvalue weighted by Crippen LogP contribution is -2.09. The van der Waals surface area contributed by atoms with Crippen molar-refractivity contribution in [3.05, 3.63) is 70.6 Å². The Morgan fingerprint density at radius 3 is 2.33 bits per heavy atom. The second-order valence-electron chi connectivity index (χ2n) is 6.23. The standard InChI is InChI=1S/C21H19N3O2S/c1-13(2)24-21-17(12-22)18(23)20(27-21)19(25)14-8-10-16(11-9-14)26-15-6-4-3-5-7-15/h3-11,13,24H,23H2,1-2H3. The molecule has 0 amide bonds. The predicted molar refractivity (Wildman–Crippen MR) is 109 cm³/mol. The zero-order chi connectivity index (χ0) is 19.4. The van der Waals surface area contributed by atoms with Crippen LogP contribution < -0.4 is 15.8 Å². The number of anilines is 2.